The van der Waals surface area contributed by atoms with E-state index in [0.29, 0.717) is 11.5 Å². The Labute approximate surface area is 216 Å². The third kappa shape index (κ3) is 3.53. The lowest BCUT2D eigenvalue weighted by Crippen LogP contribution is -2.66. The van der Waals surface area contributed by atoms with Gasteiger partial charge in [-0.2, -0.15) is 0 Å². The molecule has 4 aliphatic rings. The van der Waals surface area contributed by atoms with E-state index in [2.05, 4.69) is 65.8 Å². The van der Waals surface area contributed by atoms with E-state index in [9.17, 15) is 10.5 Å². The highest BCUT2D eigenvalue weighted by molar-refractivity contribution is 5.51. The minimum Gasteiger partial charge on any atom is -0.388 e. The standard InChI is InChI=1S/C32H38N2O2/c1-7-29-14-30(24-10-8-22(2)12-26(24)35-20-33)17-31(15-29,19-32(16-29,18-30)28(4,5)6)25-11-9-23(3)13-27(25)36-21-34/h8-13H,7,14-19H2,1-6H3. The van der Waals surface area contributed by atoms with Crippen molar-refractivity contribution in [1.29, 1.82) is 10.5 Å². The molecule has 0 aliphatic heterocycles. The summed E-state index contributed by atoms with van der Waals surface area (Å²) in [5.74, 6) is 1.42. The van der Waals surface area contributed by atoms with Gasteiger partial charge in [0.15, 0.2) is 0 Å². The first kappa shape index (κ1) is 24.7. The fraction of sp³-hybridized carbons (Fsp3) is 0.562. The molecule has 0 radical (unpaired) electrons. The Kier molecular flexibility index (Phi) is 5.50. The summed E-state index contributed by atoms with van der Waals surface area (Å²) in [4.78, 5) is 0. The number of nitrogens with zero attached hydrogens (tertiary/aromatic N) is 2. The second kappa shape index (κ2) is 8.01. The van der Waals surface area contributed by atoms with Crippen LogP contribution < -0.4 is 9.47 Å². The van der Waals surface area contributed by atoms with Crippen molar-refractivity contribution in [2.45, 2.75) is 97.3 Å². The fourth-order valence-corrected chi connectivity index (χ4v) is 8.99. The van der Waals surface area contributed by atoms with E-state index in [-0.39, 0.29) is 27.1 Å². The molecule has 0 heterocycles. The number of ether oxygens (including phenoxy) is 2. The maximum absolute atomic E-state index is 9.52. The molecule has 4 heteroatoms. The zero-order chi connectivity index (χ0) is 26.0. The normalized spacial score (nSPS) is 32.6. The van der Waals surface area contributed by atoms with Crippen LogP contribution in [0.2, 0.25) is 0 Å². The molecule has 0 saturated heterocycles. The maximum atomic E-state index is 9.52. The topological polar surface area (TPSA) is 66.0 Å². The molecule has 2 aromatic carbocycles. The zero-order valence-corrected chi connectivity index (χ0v) is 22.6. The van der Waals surface area contributed by atoms with Crippen molar-refractivity contribution < 1.29 is 9.47 Å². The number of nitriles is 2. The van der Waals surface area contributed by atoms with E-state index in [0.717, 1.165) is 49.7 Å². The summed E-state index contributed by atoms with van der Waals surface area (Å²) in [5.41, 5.74) is 4.77. The van der Waals surface area contributed by atoms with Crippen LogP contribution in [0.3, 0.4) is 0 Å². The van der Waals surface area contributed by atoms with Crippen molar-refractivity contribution in [3.8, 4) is 24.0 Å². The van der Waals surface area contributed by atoms with Crippen LogP contribution >= 0.6 is 0 Å². The van der Waals surface area contributed by atoms with Crippen molar-refractivity contribution in [2.75, 3.05) is 0 Å². The smallest absolute Gasteiger partial charge is 0.292 e. The Morgan fingerprint density at radius 1 is 0.750 bits per heavy atom. The van der Waals surface area contributed by atoms with Crippen LogP contribution in [0.4, 0.5) is 0 Å². The Morgan fingerprint density at radius 2 is 1.22 bits per heavy atom. The van der Waals surface area contributed by atoms with Gasteiger partial charge < -0.3 is 9.47 Å². The van der Waals surface area contributed by atoms with Crippen molar-refractivity contribution >= 4 is 0 Å². The molecule has 4 saturated carbocycles. The van der Waals surface area contributed by atoms with Gasteiger partial charge in [0.1, 0.15) is 11.5 Å². The molecule has 0 aromatic heterocycles. The molecule has 4 nitrogen and oxygen atoms in total. The van der Waals surface area contributed by atoms with Crippen molar-refractivity contribution in [2.24, 2.45) is 16.2 Å². The third-order valence-electron chi connectivity index (χ3n) is 10.2. The van der Waals surface area contributed by atoms with Crippen LogP contribution in [0, 0.1) is 53.1 Å². The number of benzene rings is 2. The summed E-state index contributed by atoms with van der Waals surface area (Å²) in [6, 6.07) is 12.9. The van der Waals surface area contributed by atoms with Crippen molar-refractivity contribution in [3.05, 3.63) is 58.7 Å². The highest BCUT2D eigenvalue weighted by atomic mass is 16.5. The molecule has 4 bridgehead atoms. The Morgan fingerprint density at radius 3 is 1.61 bits per heavy atom. The van der Waals surface area contributed by atoms with Gasteiger partial charge in [-0.1, -0.05) is 58.4 Å². The molecule has 4 aliphatic carbocycles. The van der Waals surface area contributed by atoms with Crippen LogP contribution in [0.1, 0.15) is 94.9 Å². The van der Waals surface area contributed by atoms with Gasteiger partial charge in [-0.25, -0.2) is 0 Å². The van der Waals surface area contributed by atoms with E-state index in [1.54, 1.807) is 0 Å². The molecular weight excluding hydrogens is 444 g/mol. The molecule has 188 valence electrons. The van der Waals surface area contributed by atoms with Crippen LogP contribution in [0.25, 0.3) is 0 Å². The largest absolute Gasteiger partial charge is 0.388 e. The summed E-state index contributed by atoms with van der Waals surface area (Å²) < 4.78 is 11.3. The second-order valence-corrected chi connectivity index (χ2v) is 13.4. The third-order valence-corrected chi connectivity index (χ3v) is 10.2. The SMILES string of the molecule is CCC12CC3(c4ccc(C)cc4OC#N)CC(c4ccc(C)cc4OC#N)(C1)CC(C(C)(C)C)(C2)C3. The predicted molar refractivity (Wildman–Crippen MR) is 141 cm³/mol. The second-order valence-electron chi connectivity index (χ2n) is 13.4. The van der Waals surface area contributed by atoms with Gasteiger partial charge in [0.05, 0.1) is 0 Å². The average Bonchev–Trinajstić information content (AvgIpc) is 2.78. The van der Waals surface area contributed by atoms with Gasteiger partial charge >= 0.3 is 0 Å². The summed E-state index contributed by atoms with van der Waals surface area (Å²) in [6.07, 6.45) is 11.7. The van der Waals surface area contributed by atoms with Crippen LogP contribution in [-0.2, 0) is 10.8 Å². The van der Waals surface area contributed by atoms with Crippen LogP contribution in [-0.4, -0.2) is 0 Å². The monoisotopic (exact) mass is 482 g/mol. The Hall–Kier alpha value is -2.98. The number of rotatable bonds is 5. The van der Waals surface area contributed by atoms with Crippen molar-refractivity contribution in [1.82, 2.24) is 0 Å². The van der Waals surface area contributed by atoms with E-state index in [1.165, 1.54) is 17.5 Å². The number of hydrogen-bond donors (Lipinski definition) is 0. The average molecular weight is 483 g/mol. The summed E-state index contributed by atoms with van der Waals surface area (Å²) in [7, 11) is 0. The molecule has 2 atom stereocenters. The predicted octanol–water partition coefficient (Wildman–Crippen LogP) is 8.01. The van der Waals surface area contributed by atoms with Gasteiger partial charge in [-0.15, -0.1) is 10.5 Å². The summed E-state index contributed by atoms with van der Waals surface area (Å²) in [5, 5.41) is 19.0. The first-order valence-electron chi connectivity index (χ1n) is 13.3. The van der Waals surface area contributed by atoms with Crippen molar-refractivity contribution in [3.63, 3.8) is 0 Å². The summed E-state index contributed by atoms with van der Waals surface area (Å²) in [6.45, 7) is 13.7. The van der Waals surface area contributed by atoms with E-state index in [4.69, 9.17) is 9.47 Å². The van der Waals surface area contributed by atoms with Crippen LogP contribution in [0.15, 0.2) is 36.4 Å². The zero-order valence-electron chi connectivity index (χ0n) is 22.6. The number of aryl methyl sites for hydroxylation is 2. The van der Waals surface area contributed by atoms with Gasteiger partial charge in [0.25, 0.3) is 12.5 Å². The molecule has 2 unspecified atom stereocenters. The summed E-state index contributed by atoms with van der Waals surface area (Å²) >= 11 is 0. The lowest BCUT2D eigenvalue weighted by atomic mass is 9.30. The molecule has 2 aromatic rings. The van der Waals surface area contributed by atoms with Gasteiger partial charge in [0.2, 0.25) is 0 Å². The maximum Gasteiger partial charge on any atom is 0.292 e. The highest BCUT2D eigenvalue weighted by Gasteiger charge is 2.71. The molecule has 0 spiro atoms. The fourth-order valence-electron chi connectivity index (χ4n) is 8.99. The number of hydrogen-bond acceptors (Lipinski definition) is 4. The lowest BCUT2D eigenvalue weighted by Gasteiger charge is -2.74. The van der Waals surface area contributed by atoms with Gasteiger partial charge in [0, 0.05) is 22.0 Å². The van der Waals surface area contributed by atoms with E-state index < -0.39 is 0 Å². The first-order chi connectivity index (χ1) is 16.9. The molecule has 4 fully saturated rings. The van der Waals surface area contributed by atoms with Crippen LogP contribution in [0.5, 0.6) is 11.5 Å². The quantitative estimate of drug-likeness (QED) is 0.405. The first-order valence-corrected chi connectivity index (χ1v) is 13.3. The minimum atomic E-state index is -0.104. The minimum absolute atomic E-state index is 0.104. The van der Waals surface area contributed by atoms with E-state index in [1.807, 2.05) is 24.6 Å². The lowest BCUT2D eigenvalue weighted by molar-refractivity contribution is -0.184. The van der Waals surface area contributed by atoms with Gasteiger partial charge in [-0.05, 0) is 91.9 Å². The Balaban J connectivity index is 1.80. The highest BCUT2D eigenvalue weighted by Crippen LogP contribution is 2.79. The molecule has 36 heavy (non-hydrogen) atoms. The molecule has 6 rings (SSSR count). The van der Waals surface area contributed by atoms with Gasteiger partial charge in [-0.3, -0.25) is 0 Å². The molecule has 0 amide bonds. The molecule has 0 N–H and O–H groups in total. The Bertz CT molecular complexity index is 1210. The van der Waals surface area contributed by atoms with E-state index >= 15 is 0 Å². The molecular formula is C32H38N2O2.